The number of hydrogen-bond donors (Lipinski definition) is 2. The molecule has 0 unspecified atom stereocenters. The smallest absolute Gasteiger partial charge is 0.228 e. The van der Waals surface area contributed by atoms with Crippen LogP contribution in [0.3, 0.4) is 0 Å². The molecule has 0 radical (unpaired) electrons. The summed E-state index contributed by atoms with van der Waals surface area (Å²) in [5.74, 6) is 0.352. The number of benzene rings is 1. The van der Waals surface area contributed by atoms with E-state index in [0.717, 1.165) is 11.9 Å². The van der Waals surface area contributed by atoms with Crippen LogP contribution < -0.4 is 11.1 Å². The normalized spacial score (nSPS) is 11.1. The third-order valence-electron chi connectivity index (χ3n) is 2.65. The minimum absolute atomic E-state index is 0.191. The van der Waals surface area contributed by atoms with Crippen molar-refractivity contribution >= 4 is 38.7 Å². The fraction of sp³-hybridized carbons (Fsp3) is 0.154. The lowest BCUT2D eigenvalue weighted by molar-refractivity contribution is 0.602. The second-order valence-electron chi connectivity index (χ2n) is 4.50. The molecule has 0 fully saturated rings. The summed E-state index contributed by atoms with van der Waals surface area (Å²) >= 11 is 4.90. The number of aryl methyl sites for hydroxylation is 1. The number of thiocarbonyl (C=S) groups is 1. The van der Waals surface area contributed by atoms with Gasteiger partial charge in [-0.2, -0.15) is 0 Å². The molecule has 21 heavy (non-hydrogen) atoms. The topological polar surface area (TPSA) is 98.0 Å². The molecule has 8 heteroatoms. The second kappa shape index (κ2) is 5.74. The maximum atomic E-state index is 11.4. The van der Waals surface area contributed by atoms with E-state index in [4.69, 9.17) is 18.0 Å². The molecule has 1 heterocycles. The molecule has 0 aliphatic heterocycles. The minimum atomic E-state index is -3.21. The molecule has 0 atom stereocenters. The maximum Gasteiger partial charge on any atom is 0.228 e. The lowest BCUT2D eigenvalue weighted by Gasteiger charge is -2.08. The summed E-state index contributed by atoms with van der Waals surface area (Å²) in [4.78, 5) is 8.86. The van der Waals surface area contributed by atoms with Crippen LogP contribution in [0.4, 0.5) is 11.6 Å². The molecule has 1 aromatic carbocycles. The number of rotatable bonds is 4. The van der Waals surface area contributed by atoms with Gasteiger partial charge >= 0.3 is 0 Å². The van der Waals surface area contributed by atoms with Gasteiger partial charge in [0.2, 0.25) is 5.95 Å². The highest BCUT2D eigenvalue weighted by Gasteiger charge is 2.08. The van der Waals surface area contributed by atoms with E-state index in [1.807, 2.05) is 0 Å². The van der Waals surface area contributed by atoms with E-state index in [9.17, 15) is 8.42 Å². The van der Waals surface area contributed by atoms with Crippen LogP contribution in [-0.2, 0) is 9.84 Å². The van der Waals surface area contributed by atoms with E-state index in [0.29, 0.717) is 17.3 Å². The Morgan fingerprint density at radius 1 is 1.24 bits per heavy atom. The Balaban J connectivity index is 2.28. The second-order valence-corrected chi connectivity index (χ2v) is 6.96. The fourth-order valence-corrected chi connectivity index (χ4v) is 2.40. The van der Waals surface area contributed by atoms with Crippen molar-refractivity contribution in [3.8, 4) is 0 Å². The Labute approximate surface area is 128 Å². The van der Waals surface area contributed by atoms with Gasteiger partial charge in [-0.05, 0) is 37.3 Å². The molecule has 0 saturated heterocycles. The van der Waals surface area contributed by atoms with Crippen LogP contribution in [0.5, 0.6) is 0 Å². The molecular formula is C13H14N4O2S2. The van der Waals surface area contributed by atoms with Gasteiger partial charge in [-0.15, -0.1) is 0 Å². The van der Waals surface area contributed by atoms with Crippen LogP contribution in [0, 0.1) is 6.92 Å². The number of nitrogens with zero attached hydrogens (tertiary/aromatic N) is 2. The standard InChI is InChI=1S/C13H14N4O2S2/c1-8-7-11(12(14)20)17-13(15-8)16-9-3-5-10(6-4-9)21(2,18)19/h3-7H,1-2H3,(H2,14,20)(H,15,16,17). The number of aromatic nitrogens is 2. The van der Waals surface area contributed by atoms with Gasteiger partial charge in [0.05, 0.1) is 4.90 Å². The van der Waals surface area contributed by atoms with Crippen LogP contribution in [-0.4, -0.2) is 29.6 Å². The van der Waals surface area contributed by atoms with Crippen LogP contribution in [0.2, 0.25) is 0 Å². The average molecular weight is 322 g/mol. The third-order valence-corrected chi connectivity index (χ3v) is 3.98. The van der Waals surface area contributed by atoms with Gasteiger partial charge in [0.15, 0.2) is 9.84 Å². The zero-order chi connectivity index (χ0) is 15.6. The van der Waals surface area contributed by atoms with E-state index in [1.165, 1.54) is 12.1 Å². The van der Waals surface area contributed by atoms with E-state index < -0.39 is 9.84 Å². The van der Waals surface area contributed by atoms with E-state index in [1.54, 1.807) is 25.1 Å². The fourth-order valence-electron chi connectivity index (χ4n) is 1.67. The van der Waals surface area contributed by atoms with Gasteiger partial charge in [0, 0.05) is 17.6 Å². The van der Waals surface area contributed by atoms with Crippen LogP contribution >= 0.6 is 12.2 Å². The van der Waals surface area contributed by atoms with E-state index in [2.05, 4.69) is 15.3 Å². The first kappa shape index (κ1) is 15.3. The van der Waals surface area contributed by atoms with Crippen molar-refractivity contribution in [1.29, 1.82) is 0 Å². The summed E-state index contributed by atoms with van der Waals surface area (Å²) in [6.45, 7) is 1.81. The highest BCUT2D eigenvalue weighted by atomic mass is 32.2. The average Bonchev–Trinajstić information content (AvgIpc) is 2.37. The Morgan fingerprint density at radius 2 is 1.86 bits per heavy atom. The molecule has 0 aliphatic carbocycles. The molecule has 0 bridgehead atoms. The Hall–Kier alpha value is -2.06. The van der Waals surface area contributed by atoms with Crippen molar-refractivity contribution in [2.45, 2.75) is 11.8 Å². The van der Waals surface area contributed by atoms with Gasteiger partial charge in [0.1, 0.15) is 10.7 Å². The Morgan fingerprint density at radius 3 is 2.38 bits per heavy atom. The van der Waals surface area contributed by atoms with Gasteiger partial charge in [-0.1, -0.05) is 12.2 Å². The number of sulfone groups is 1. The lowest BCUT2D eigenvalue weighted by atomic mass is 10.3. The van der Waals surface area contributed by atoms with Crippen molar-refractivity contribution < 1.29 is 8.42 Å². The minimum Gasteiger partial charge on any atom is -0.388 e. The van der Waals surface area contributed by atoms with Crippen molar-refractivity contribution in [3.63, 3.8) is 0 Å². The number of nitrogens with two attached hydrogens (primary N) is 1. The van der Waals surface area contributed by atoms with Gasteiger partial charge in [0.25, 0.3) is 0 Å². The summed E-state index contributed by atoms with van der Waals surface area (Å²) in [6.07, 6.45) is 1.16. The van der Waals surface area contributed by atoms with Crippen molar-refractivity contribution in [3.05, 3.63) is 41.7 Å². The molecular weight excluding hydrogens is 308 g/mol. The highest BCUT2D eigenvalue weighted by molar-refractivity contribution is 7.90. The van der Waals surface area contributed by atoms with Gasteiger partial charge in [-0.3, -0.25) is 0 Å². The molecule has 2 rings (SSSR count). The Kier molecular flexibility index (Phi) is 4.19. The summed E-state index contributed by atoms with van der Waals surface area (Å²) in [7, 11) is -3.21. The number of nitrogens with one attached hydrogen (secondary N) is 1. The first-order valence-corrected chi connectivity index (χ1v) is 8.28. The van der Waals surface area contributed by atoms with Gasteiger partial charge in [-0.25, -0.2) is 18.4 Å². The first-order valence-electron chi connectivity index (χ1n) is 5.98. The molecule has 0 aliphatic rings. The van der Waals surface area contributed by atoms with Crippen LogP contribution in [0.15, 0.2) is 35.2 Å². The van der Waals surface area contributed by atoms with Gasteiger partial charge < -0.3 is 11.1 Å². The molecule has 0 amide bonds. The largest absolute Gasteiger partial charge is 0.388 e. The highest BCUT2D eigenvalue weighted by Crippen LogP contribution is 2.17. The monoisotopic (exact) mass is 322 g/mol. The molecule has 110 valence electrons. The molecule has 2 aromatic rings. The molecule has 0 saturated carbocycles. The quantitative estimate of drug-likeness (QED) is 0.824. The predicted octanol–water partition coefficient (Wildman–Crippen LogP) is 1.57. The third kappa shape index (κ3) is 3.96. The number of anilines is 2. The van der Waals surface area contributed by atoms with Crippen LogP contribution in [0.1, 0.15) is 11.4 Å². The molecule has 3 N–H and O–H groups in total. The maximum absolute atomic E-state index is 11.4. The SMILES string of the molecule is Cc1cc(C(N)=S)nc(Nc2ccc(S(C)(=O)=O)cc2)n1. The summed E-state index contributed by atoms with van der Waals surface area (Å²) in [5, 5.41) is 2.99. The van der Waals surface area contributed by atoms with Crippen molar-refractivity contribution in [2.24, 2.45) is 5.73 Å². The zero-order valence-corrected chi connectivity index (χ0v) is 13.1. The zero-order valence-electron chi connectivity index (χ0n) is 11.5. The van der Waals surface area contributed by atoms with Crippen molar-refractivity contribution in [2.75, 3.05) is 11.6 Å². The van der Waals surface area contributed by atoms with E-state index >= 15 is 0 Å². The van der Waals surface area contributed by atoms with E-state index in [-0.39, 0.29) is 9.88 Å². The van der Waals surface area contributed by atoms with Crippen molar-refractivity contribution in [1.82, 2.24) is 9.97 Å². The predicted molar refractivity (Wildman–Crippen MR) is 85.5 cm³/mol. The summed E-state index contributed by atoms with van der Waals surface area (Å²) < 4.78 is 22.8. The summed E-state index contributed by atoms with van der Waals surface area (Å²) in [5.41, 5.74) is 7.43. The number of hydrogen-bond acceptors (Lipinski definition) is 6. The van der Waals surface area contributed by atoms with Crippen LogP contribution in [0.25, 0.3) is 0 Å². The molecule has 1 aromatic heterocycles. The molecule has 0 spiro atoms. The summed E-state index contributed by atoms with van der Waals surface area (Å²) in [6, 6.07) is 8.01. The lowest BCUT2D eigenvalue weighted by Crippen LogP contribution is -2.13. The molecule has 6 nitrogen and oxygen atoms in total. The Bertz CT molecular complexity index is 786. The first-order chi connectivity index (χ1) is 9.75.